The highest BCUT2D eigenvalue weighted by Crippen LogP contribution is 2.38. The Morgan fingerprint density at radius 2 is 0.780 bits per heavy atom. The third-order valence-electron chi connectivity index (χ3n) is 11.7. The molecule has 0 aliphatic carbocycles. The highest BCUT2D eigenvalue weighted by molar-refractivity contribution is 7.45. The number of rotatable bonds is 49. The lowest BCUT2D eigenvalue weighted by Gasteiger charge is -2.28. The van der Waals surface area contributed by atoms with E-state index in [9.17, 15) is 14.3 Å². The van der Waals surface area contributed by atoms with Gasteiger partial charge in [0.2, 0.25) is 0 Å². The Morgan fingerprint density at radius 1 is 0.458 bits per heavy atom. The van der Waals surface area contributed by atoms with Crippen LogP contribution in [0.25, 0.3) is 0 Å². The maximum Gasteiger partial charge on any atom is 0.306 e. The van der Waals surface area contributed by atoms with Crippen LogP contribution in [0, 0.1) is 0 Å². The molecule has 59 heavy (non-hydrogen) atoms. The summed E-state index contributed by atoms with van der Waals surface area (Å²) in [6.45, 7) is 5.49. The maximum atomic E-state index is 12.7. The van der Waals surface area contributed by atoms with Gasteiger partial charge in [-0.25, -0.2) is 0 Å². The minimum atomic E-state index is -4.52. The molecule has 0 radical (unpaired) electrons. The zero-order valence-corrected chi connectivity index (χ0v) is 41.1. The quantitative estimate of drug-likeness (QED) is 0.0260. The van der Waals surface area contributed by atoms with Gasteiger partial charge >= 0.3 is 5.97 Å². The Labute approximate surface area is 368 Å². The Kier molecular flexibility index (Phi) is 43.7. The fourth-order valence-electron chi connectivity index (χ4n) is 7.67. The number of phosphoric ester groups is 1. The molecule has 0 aromatic heterocycles. The Morgan fingerprint density at radius 3 is 1.12 bits per heavy atom. The van der Waals surface area contributed by atoms with Crippen molar-refractivity contribution in [2.45, 2.75) is 264 Å². The number of esters is 1. The van der Waals surface area contributed by atoms with Crippen molar-refractivity contribution in [2.24, 2.45) is 0 Å². The third-order valence-corrected chi connectivity index (χ3v) is 12.6. The normalized spacial score (nSPS) is 13.5. The second-order valence-corrected chi connectivity index (χ2v) is 20.3. The molecule has 0 aromatic carbocycles. The average Bonchev–Trinajstić information content (AvgIpc) is 3.19. The summed E-state index contributed by atoms with van der Waals surface area (Å²) < 4.78 is 34.8. The lowest BCUT2D eigenvalue weighted by molar-refractivity contribution is -0.870. The predicted octanol–water partition coefficient (Wildman–Crippen LogP) is 15.0. The van der Waals surface area contributed by atoms with E-state index in [0.717, 1.165) is 32.1 Å². The van der Waals surface area contributed by atoms with Gasteiger partial charge in [-0.05, 0) is 12.8 Å². The molecule has 0 N–H and O–H groups in total. The molecule has 0 bridgehead atoms. The topological polar surface area (TPSA) is 94.1 Å². The van der Waals surface area contributed by atoms with E-state index in [1.807, 2.05) is 21.1 Å². The number of hydrogen-bond donors (Lipinski definition) is 0. The summed E-state index contributed by atoms with van der Waals surface area (Å²) in [5.74, 6) is -0.326. The van der Waals surface area contributed by atoms with Crippen LogP contribution >= 0.6 is 7.82 Å². The molecular weight excluding hydrogens is 758 g/mol. The molecule has 9 heteroatoms. The molecular formula is C50H102NO7P. The number of nitrogens with zero attached hydrogens (tertiary/aromatic N) is 1. The van der Waals surface area contributed by atoms with Crippen molar-refractivity contribution in [1.82, 2.24) is 0 Å². The van der Waals surface area contributed by atoms with Crippen LogP contribution in [0.15, 0.2) is 0 Å². The number of ether oxygens (including phenoxy) is 2. The first-order valence-electron chi connectivity index (χ1n) is 25.8. The minimum absolute atomic E-state index is 0.0317. The van der Waals surface area contributed by atoms with Crippen molar-refractivity contribution in [1.29, 1.82) is 0 Å². The van der Waals surface area contributed by atoms with Gasteiger partial charge in [0.05, 0.1) is 34.4 Å². The van der Waals surface area contributed by atoms with Gasteiger partial charge in [0.15, 0.2) is 0 Å². The summed E-state index contributed by atoms with van der Waals surface area (Å²) in [4.78, 5) is 25.1. The van der Waals surface area contributed by atoms with Crippen LogP contribution in [0.1, 0.15) is 258 Å². The first-order chi connectivity index (χ1) is 28.6. The summed E-state index contributed by atoms with van der Waals surface area (Å²) in [6, 6.07) is 0. The van der Waals surface area contributed by atoms with Gasteiger partial charge in [0, 0.05) is 13.0 Å². The fourth-order valence-corrected chi connectivity index (χ4v) is 8.40. The second-order valence-electron chi connectivity index (χ2n) is 18.9. The van der Waals surface area contributed by atoms with E-state index in [1.165, 1.54) is 205 Å². The lowest BCUT2D eigenvalue weighted by Crippen LogP contribution is -2.37. The number of unbranched alkanes of at least 4 members (excludes halogenated alkanes) is 35. The van der Waals surface area contributed by atoms with Crippen LogP contribution in [0.5, 0.6) is 0 Å². The van der Waals surface area contributed by atoms with E-state index in [-0.39, 0.29) is 25.8 Å². The molecule has 0 saturated carbocycles. The second kappa shape index (κ2) is 44.1. The molecule has 0 aliphatic heterocycles. The zero-order valence-electron chi connectivity index (χ0n) is 40.2. The number of quaternary nitrogens is 1. The Balaban J connectivity index is 4.07. The first-order valence-corrected chi connectivity index (χ1v) is 27.2. The molecule has 0 aliphatic rings. The van der Waals surface area contributed by atoms with E-state index in [2.05, 4.69) is 13.8 Å². The molecule has 0 fully saturated rings. The van der Waals surface area contributed by atoms with Gasteiger partial charge in [-0.1, -0.05) is 239 Å². The van der Waals surface area contributed by atoms with Crippen molar-refractivity contribution < 1.29 is 37.3 Å². The summed E-state index contributed by atoms with van der Waals surface area (Å²) in [5.41, 5.74) is 0. The fraction of sp³-hybridized carbons (Fsp3) is 0.980. The van der Waals surface area contributed by atoms with Crippen LogP contribution in [-0.2, 0) is 27.9 Å². The van der Waals surface area contributed by atoms with E-state index in [1.54, 1.807) is 0 Å². The third kappa shape index (κ3) is 48.4. The molecule has 2 unspecified atom stereocenters. The van der Waals surface area contributed by atoms with Gasteiger partial charge in [-0.3, -0.25) is 9.36 Å². The number of phosphoric acid groups is 1. The van der Waals surface area contributed by atoms with Gasteiger partial charge in [-0.15, -0.1) is 0 Å². The van der Waals surface area contributed by atoms with E-state index in [4.69, 9.17) is 18.5 Å². The van der Waals surface area contributed by atoms with Gasteiger partial charge in [-0.2, -0.15) is 0 Å². The minimum Gasteiger partial charge on any atom is -0.756 e. The maximum absolute atomic E-state index is 12.7. The SMILES string of the molecule is CCCCCCCCCCCCCCCCCCCCCCCOCC(COP(=O)([O-])OCC[N+](C)(C)C)OC(=O)CCCCCCCCCCCCCCCCCC. The molecule has 0 amide bonds. The number of carbonyl (C=O) groups excluding carboxylic acids is 1. The summed E-state index contributed by atoms with van der Waals surface area (Å²) in [6.07, 6.45) is 48.4. The van der Waals surface area contributed by atoms with Crippen molar-refractivity contribution in [3.05, 3.63) is 0 Å². The largest absolute Gasteiger partial charge is 0.756 e. The highest BCUT2D eigenvalue weighted by Gasteiger charge is 2.20. The van der Waals surface area contributed by atoms with Crippen molar-refractivity contribution >= 4 is 13.8 Å². The molecule has 0 heterocycles. The number of carbonyl (C=O) groups is 1. The molecule has 0 spiro atoms. The predicted molar refractivity (Wildman–Crippen MR) is 250 cm³/mol. The van der Waals surface area contributed by atoms with Gasteiger partial charge in [0.25, 0.3) is 7.82 Å². The summed E-state index contributed by atoms with van der Waals surface area (Å²) in [7, 11) is 1.38. The van der Waals surface area contributed by atoms with E-state index >= 15 is 0 Å². The molecule has 2 atom stereocenters. The van der Waals surface area contributed by atoms with E-state index < -0.39 is 13.9 Å². The average molecular weight is 860 g/mol. The number of likely N-dealkylation sites (N-methyl/N-ethyl adjacent to an activating group) is 1. The summed E-state index contributed by atoms with van der Waals surface area (Å²) >= 11 is 0. The van der Waals surface area contributed by atoms with Crippen LogP contribution in [-0.4, -0.2) is 70.7 Å². The standard InChI is InChI=1S/C50H102NO7P/c1-6-8-10-12-14-16-18-20-22-24-25-26-27-28-30-32-34-36-38-40-42-45-55-47-49(48-57-59(53,54)56-46-44-51(3,4)5)58-50(52)43-41-39-37-35-33-31-29-23-21-19-17-15-13-11-9-7-2/h49H,6-48H2,1-5H3. The number of hydrogen-bond acceptors (Lipinski definition) is 7. The van der Waals surface area contributed by atoms with Crippen LogP contribution < -0.4 is 4.89 Å². The van der Waals surface area contributed by atoms with Crippen LogP contribution in [0.2, 0.25) is 0 Å². The first kappa shape index (κ1) is 58.5. The smallest absolute Gasteiger partial charge is 0.306 e. The monoisotopic (exact) mass is 860 g/mol. The molecule has 0 aromatic rings. The van der Waals surface area contributed by atoms with Crippen LogP contribution in [0.4, 0.5) is 0 Å². The van der Waals surface area contributed by atoms with E-state index in [0.29, 0.717) is 24.1 Å². The van der Waals surface area contributed by atoms with Crippen molar-refractivity contribution in [3.8, 4) is 0 Å². The van der Waals surface area contributed by atoms with Crippen LogP contribution in [0.3, 0.4) is 0 Å². The highest BCUT2D eigenvalue weighted by atomic mass is 31.2. The Bertz CT molecular complexity index is 914. The molecule has 0 rings (SSSR count). The Hall–Kier alpha value is -0.500. The molecule has 8 nitrogen and oxygen atoms in total. The summed E-state index contributed by atoms with van der Waals surface area (Å²) in [5, 5.41) is 0. The van der Waals surface area contributed by atoms with Gasteiger partial charge in [0.1, 0.15) is 19.3 Å². The lowest BCUT2D eigenvalue weighted by atomic mass is 10.0. The van der Waals surface area contributed by atoms with Crippen molar-refractivity contribution in [2.75, 3.05) is 54.1 Å². The zero-order chi connectivity index (χ0) is 43.4. The molecule has 0 saturated heterocycles. The van der Waals surface area contributed by atoms with Gasteiger partial charge < -0.3 is 27.9 Å². The van der Waals surface area contributed by atoms with Crippen molar-refractivity contribution in [3.63, 3.8) is 0 Å². The molecule has 354 valence electrons.